The molecule has 1 fully saturated rings. The molecule has 0 aromatic rings. The lowest BCUT2D eigenvalue weighted by Gasteiger charge is -2.25. The van der Waals surface area contributed by atoms with Crippen molar-refractivity contribution < 1.29 is 8.42 Å². The molecule has 0 radical (unpaired) electrons. The third-order valence-electron chi connectivity index (χ3n) is 3.62. The maximum atomic E-state index is 11.4. The summed E-state index contributed by atoms with van der Waals surface area (Å²) in [6, 6.07) is 0.510. The van der Waals surface area contributed by atoms with E-state index >= 15 is 0 Å². The average molecular weight is 432 g/mol. The van der Waals surface area contributed by atoms with Crippen molar-refractivity contribution in [2.75, 3.05) is 38.2 Å². The molecule has 1 rings (SSSR count). The van der Waals surface area contributed by atoms with E-state index in [9.17, 15) is 8.42 Å². The Labute approximate surface area is 146 Å². The van der Waals surface area contributed by atoms with E-state index in [0.29, 0.717) is 18.4 Å². The number of nitrogens with zero attached hydrogens (tertiary/aromatic N) is 2. The molecule has 0 amide bonds. The first kappa shape index (κ1) is 20.9. The van der Waals surface area contributed by atoms with Gasteiger partial charge in [0.1, 0.15) is 0 Å². The van der Waals surface area contributed by atoms with Gasteiger partial charge in [0, 0.05) is 32.2 Å². The molecule has 126 valence electrons. The van der Waals surface area contributed by atoms with Crippen LogP contribution in [0.3, 0.4) is 0 Å². The monoisotopic (exact) mass is 432 g/mol. The zero-order chi connectivity index (χ0) is 15.2. The van der Waals surface area contributed by atoms with E-state index in [-0.39, 0.29) is 41.5 Å². The fourth-order valence-electron chi connectivity index (χ4n) is 2.40. The highest BCUT2D eigenvalue weighted by molar-refractivity contribution is 14.0. The van der Waals surface area contributed by atoms with Crippen LogP contribution in [0, 0.1) is 0 Å². The van der Waals surface area contributed by atoms with Crippen LogP contribution in [0.15, 0.2) is 4.99 Å². The minimum absolute atomic E-state index is 0. The van der Waals surface area contributed by atoms with Gasteiger partial charge >= 0.3 is 0 Å². The van der Waals surface area contributed by atoms with Crippen molar-refractivity contribution in [1.82, 2.24) is 15.5 Å². The number of nitrogens with one attached hydrogen (secondary N) is 2. The van der Waals surface area contributed by atoms with Gasteiger partial charge in [0.15, 0.2) is 15.8 Å². The van der Waals surface area contributed by atoms with Crippen LogP contribution < -0.4 is 10.6 Å². The lowest BCUT2D eigenvalue weighted by Crippen LogP contribution is -2.46. The number of hydrogen-bond donors (Lipinski definition) is 2. The highest BCUT2D eigenvalue weighted by atomic mass is 127. The Bertz CT molecular complexity index is 426. The predicted octanol–water partition coefficient (Wildman–Crippen LogP) is 0.687. The van der Waals surface area contributed by atoms with Crippen LogP contribution in [0.2, 0.25) is 0 Å². The van der Waals surface area contributed by atoms with E-state index in [0.717, 1.165) is 19.6 Å². The minimum atomic E-state index is -2.85. The molecule has 8 heteroatoms. The van der Waals surface area contributed by atoms with Gasteiger partial charge in [-0.05, 0) is 26.8 Å². The van der Waals surface area contributed by atoms with Gasteiger partial charge < -0.3 is 10.6 Å². The average Bonchev–Trinajstić information content (AvgIpc) is 2.72. The van der Waals surface area contributed by atoms with Crippen molar-refractivity contribution in [3.63, 3.8) is 0 Å². The first-order valence-electron chi connectivity index (χ1n) is 7.29. The van der Waals surface area contributed by atoms with E-state index in [1.54, 1.807) is 7.05 Å². The van der Waals surface area contributed by atoms with Crippen molar-refractivity contribution >= 4 is 39.8 Å². The van der Waals surface area contributed by atoms with E-state index in [2.05, 4.69) is 41.3 Å². The molecule has 1 saturated heterocycles. The summed E-state index contributed by atoms with van der Waals surface area (Å²) in [6.45, 7) is 9.27. The maximum absolute atomic E-state index is 11.4. The molecule has 0 saturated carbocycles. The van der Waals surface area contributed by atoms with E-state index in [4.69, 9.17) is 0 Å². The Morgan fingerprint density at radius 2 is 2.10 bits per heavy atom. The van der Waals surface area contributed by atoms with Crippen molar-refractivity contribution in [3.8, 4) is 0 Å². The molecular formula is C13H29IN4O2S. The Kier molecular flexibility index (Phi) is 9.79. The molecule has 0 aliphatic carbocycles. The Hall–Kier alpha value is -0.0900. The number of hydrogen-bond acceptors (Lipinski definition) is 4. The van der Waals surface area contributed by atoms with Crippen LogP contribution in [0.5, 0.6) is 0 Å². The molecule has 1 atom stereocenters. The highest BCUT2D eigenvalue weighted by Gasteiger charge is 2.28. The molecule has 0 bridgehead atoms. The molecule has 2 N–H and O–H groups in total. The second-order valence-electron chi connectivity index (χ2n) is 5.47. The van der Waals surface area contributed by atoms with Crippen LogP contribution in [0.4, 0.5) is 0 Å². The molecule has 1 aliphatic rings. The van der Waals surface area contributed by atoms with Gasteiger partial charge in [-0.25, -0.2) is 8.42 Å². The molecule has 21 heavy (non-hydrogen) atoms. The van der Waals surface area contributed by atoms with Crippen molar-refractivity contribution in [3.05, 3.63) is 0 Å². The molecule has 0 aromatic heterocycles. The van der Waals surface area contributed by atoms with Crippen LogP contribution >= 0.6 is 24.0 Å². The summed E-state index contributed by atoms with van der Waals surface area (Å²) in [5.41, 5.74) is 0. The Morgan fingerprint density at radius 1 is 1.43 bits per heavy atom. The largest absolute Gasteiger partial charge is 0.355 e. The maximum Gasteiger partial charge on any atom is 0.191 e. The molecule has 0 aromatic carbocycles. The summed E-state index contributed by atoms with van der Waals surface area (Å²) in [7, 11) is -1.14. The molecule has 1 unspecified atom stereocenters. The second-order valence-corrected chi connectivity index (χ2v) is 7.69. The number of halogens is 1. The van der Waals surface area contributed by atoms with Gasteiger partial charge in [-0.3, -0.25) is 9.89 Å². The standard InChI is InChI=1S/C13H28N4O2S.HI/c1-5-17(11(2)3)8-7-15-13(14-4)16-12-6-9-20(18,19)10-12;/h11-12H,5-10H2,1-4H3,(H2,14,15,16);1H. The van der Waals surface area contributed by atoms with E-state index in [1.807, 2.05) is 0 Å². The van der Waals surface area contributed by atoms with Crippen molar-refractivity contribution in [2.24, 2.45) is 4.99 Å². The fourth-order valence-corrected chi connectivity index (χ4v) is 4.07. The van der Waals surface area contributed by atoms with Crippen LogP contribution in [-0.4, -0.2) is 69.5 Å². The lowest BCUT2D eigenvalue weighted by atomic mass is 10.3. The van der Waals surface area contributed by atoms with Gasteiger partial charge in [0.05, 0.1) is 11.5 Å². The van der Waals surface area contributed by atoms with Gasteiger partial charge in [0.2, 0.25) is 0 Å². The summed E-state index contributed by atoms with van der Waals surface area (Å²) >= 11 is 0. The van der Waals surface area contributed by atoms with Crippen LogP contribution in [0.1, 0.15) is 27.2 Å². The van der Waals surface area contributed by atoms with Gasteiger partial charge in [0.25, 0.3) is 0 Å². The van der Waals surface area contributed by atoms with Gasteiger partial charge in [-0.1, -0.05) is 6.92 Å². The molecule has 0 spiro atoms. The summed E-state index contributed by atoms with van der Waals surface area (Å²) in [6.07, 6.45) is 0.663. The summed E-state index contributed by atoms with van der Waals surface area (Å²) in [4.78, 5) is 6.51. The fraction of sp³-hybridized carbons (Fsp3) is 0.923. The summed E-state index contributed by atoms with van der Waals surface area (Å²) < 4.78 is 22.8. The van der Waals surface area contributed by atoms with Gasteiger partial charge in [-0.2, -0.15) is 0 Å². The van der Waals surface area contributed by atoms with Crippen molar-refractivity contribution in [2.45, 2.75) is 39.3 Å². The summed E-state index contributed by atoms with van der Waals surface area (Å²) in [5.74, 6) is 1.17. The zero-order valence-electron chi connectivity index (χ0n) is 13.4. The number of guanidine groups is 1. The summed E-state index contributed by atoms with van der Waals surface area (Å²) in [5, 5.41) is 6.43. The zero-order valence-corrected chi connectivity index (χ0v) is 16.6. The van der Waals surface area contributed by atoms with Crippen LogP contribution in [0.25, 0.3) is 0 Å². The van der Waals surface area contributed by atoms with E-state index in [1.165, 1.54) is 0 Å². The number of sulfone groups is 1. The minimum Gasteiger partial charge on any atom is -0.355 e. The first-order chi connectivity index (χ1) is 9.38. The predicted molar refractivity (Wildman–Crippen MR) is 99.4 cm³/mol. The SMILES string of the molecule is CCN(CCNC(=NC)NC1CCS(=O)(=O)C1)C(C)C.I. The van der Waals surface area contributed by atoms with Crippen LogP contribution in [-0.2, 0) is 9.84 Å². The normalized spacial score (nSPS) is 21.4. The third kappa shape index (κ3) is 7.64. The van der Waals surface area contributed by atoms with E-state index < -0.39 is 9.84 Å². The number of likely N-dealkylation sites (N-methyl/N-ethyl adjacent to an activating group) is 1. The number of rotatable bonds is 6. The lowest BCUT2D eigenvalue weighted by molar-refractivity contribution is 0.237. The molecular weight excluding hydrogens is 403 g/mol. The van der Waals surface area contributed by atoms with Gasteiger partial charge in [-0.15, -0.1) is 24.0 Å². The quantitative estimate of drug-likeness (QED) is 0.367. The Balaban J connectivity index is 0.00000400. The molecule has 1 heterocycles. The third-order valence-corrected chi connectivity index (χ3v) is 5.39. The first-order valence-corrected chi connectivity index (χ1v) is 9.11. The number of aliphatic imine (C=N–C) groups is 1. The second kappa shape index (κ2) is 9.83. The molecule has 6 nitrogen and oxygen atoms in total. The Morgan fingerprint density at radius 3 is 2.52 bits per heavy atom. The highest BCUT2D eigenvalue weighted by Crippen LogP contribution is 2.10. The molecule has 1 aliphatic heterocycles. The van der Waals surface area contributed by atoms with Crippen molar-refractivity contribution in [1.29, 1.82) is 0 Å². The topological polar surface area (TPSA) is 73.8 Å². The smallest absolute Gasteiger partial charge is 0.191 e.